The second-order valence-corrected chi connectivity index (χ2v) is 27.5. The minimum absolute atomic E-state index is 0.937. The van der Waals surface area contributed by atoms with E-state index < -0.39 is 0 Å². The molecule has 0 aliphatic heterocycles. The van der Waals surface area contributed by atoms with Crippen LogP contribution < -0.4 is 0 Å². The summed E-state index contributed by atoms with van der Waals surface area (Å²) in [4.78, 5) is 0. The van der Waals surface area contributed by atoms with Crippen LogP contribution in [0.5, 0.6) is 0 Å². The molecule has 0 heteroatoms. The lowest BCUT2D eigenvalue weighted by atomic mass is 9.67. The Kier molecular flexibility index (Phi) is 21.8. The second-order valence-electron chi connectivity index (χ2n) is 27.5. The lowest BCUT2D eigenvalue weighted by Crippen LogP contribution is -2.26. The van der Waals surface area contributed by atoms with Crippen molar-refractivity contribution < 1.29 is 0 Å². The Morgan fingerprint density at radius 2 is 0.437 bits per heavy atom. The van der Waals surface area contributed by atoms with E-state index in [4.69, 9.17) is 0 Å². The molecule has 0 saturated heterocycles. The van der Waals surface area contributed by atoms with E-state index in [1.165, 1.54) is 185 Å². The summed E-state index contributed by atoms with van der Waals surface area (Å²) in [6, 6.07) is 14.6. The number of hydrogen-bond donors (Lipinski definition) is 0. The molecule has 0 spiro atoms. The lowest BCUT2D eigenvalue weighted by molar-refractivity contribution is 0.133. The van der Waals surface area contributed by atoms with E-state index in [-0.39, 0.29) is 0 Å². The molecule has 0 radical (unpaired) electrons. The number of benzene rings is 3. The van der Waals surface area contributed by atoms with E-state index in [9.17, 15) is 0 Å². The molecule has 6 saturated carbocycles. The van der Waals surface area contributed by atoms with Crippen LogP contribution in [-0.2, 0) is 19.3 Å². The van der Waals surface area contributed by atoms with Gasteiger partial charge in [0.25, 0.3) is 0 Å². The quantitative estimate of drug-likeness (QED) is 0.180. The van der Waals surface area contributed by atoms with Gasteiger partial charge in [-0.3, -0.25) is 0 Å². The molecule has 6 aliphatic rings. The number of hydrogen-bond acceptors (Lipinski definition) is 0. The van der Waals surface area contributed by atoms with E-state index in [0.29, 0.717) is 0 Å². The molecular weight excluding hydrogens is 853 g/mol. The molecule has 0 unspecified atom stereocenters. The van der Waals surface area contributed by atoms with Gasteiger partial charge in [0.1, 0.15) is 0 Å². The van der Waals surface area contributed by atoms with E-state index in [2.05, 4.69) is 119 Å². The van der Waals surface area contributed by atoms with Gasteiger partial charge >= 0.3 is 0 Å². The third kappa shape index (κ3) is 17.4. The summed E-state index contributed by atoms with van der Waals surface area (Å²) in [7, 11) is 0. The Hall–Kier alpha value is -2.34. The van der Waals surface area contributed by atoms with Crippen molar-refractivity contribution in [3.05, 3.63) is 103 Å². The summed E-state index contributed by atoms with van der Waals surface area (Å²) in [5, 5.41) is 0. The highest BCUT2D eigenvalue weighted by Crippen LogP contribution is 2.45. The van der Waals surface area contributed by atoms with Crippen LogP contribution in [0.1, 0.15) is 254 Å². The Morgan fingerprint density at radius 1 is 0.254 bits per heavy atom. The van der Waals surface area contributed by atoms with Crippen molar-refractivity contribution in [2.45, 2.75) is 269 Å². The van der Waals surface area contributed by atoms with Crippen LogP contribution in [0.2, 0.25) is 0 Å². The zero-order valence-corrected chi connectivity index (χ0v) is 48.9. The smallest absolute Gasteiger partial charge is 0.0250 e. The molecule has 396 valence electrons. The molecular formula is C71H112. The molecule has 9 rings (SSSR count). The van der Waals surface area contributed by atoms with Crippen LogP contribution in [0.25, 0.3) is 0 Å². The van der Waals surface area contributed by atoms with Crippen LogP contribution in [0.3, 0.4) is 0 Å². The minimum atomic E-state index is 0.937. The third-order valence-electron chi connectivity index (χ3n) is 21.7. The van der Waals surface area contributed by atoms with Crippen molar-refractivity contribution in [1.29, 1.82) is 0 Å². The molecule has 3 aromatic carbocycles. The molecule has 0 aromatic heterocycles. The van der Waals surface area contributed by atoms with E-state index in [1.54, 1.807) is 68.1 Å². The third-order valence-corrected chi connectivity index (χ3v) is 21.7. The van der Waals surface area contributed by atoms with Gasteiger partial charge in [0.15, 0.2) is 0 Å². The average Bonchev–Trinajstić information content (AvgIpc) is 3.35. The summed E-state index contributed by atoms with van der Waals surface area (Å²) in [5.41, 5.74) is 18.0. The highest BCUT2D eigenvalue weighted by Gasteiger charge is 2.32. The standard InChI is InChI=1S/C30H48.C24H38.C17H26/c1-21-5-13-29(14-6-21)30-15-11-27(12-16-30)19-25-7-9-26(10-8-25)20-28-17-22(2)24(4)23(3)18-28;1-17-5-7-21(8-6-17)15-22-9-11-23(12-10-22)16-24-13-18(2)20(4)19(3)14-24;1-12-5-7-16(8-6-12)11-17-9-13(2)15(4)14(3)10-17/h17-18,21,25-27,29-30H,5-16,19-20H2,1-4H3;13-14,17,21-23H,5-12,15-16H2,1-4H3;9-10,12,16H,5-8,11H2,1-4H3. The topological polar surface area (TPSA) is 0 Å². The molecule has 6 fully saturated rings. The highest BCUT2D eigenvalue weighted by atomic mass is 14.4. The zero-order valence-electron chi connectivity index (χ0n) is 48.9. The minimum Gasteiger partial charge on any atom is -0.0625 e. The van der Waals surface area contributed by atoms with Crippen LogP contribution >= 0.6 is 0 Å². The normalized spacial score (nSPS) is 31.4. The molecule has 0 heterocycles. The van der Waals surface area contributed by atoms with Crippen molar-refractivity contribution in [2.75, 3.05) is 0 Å². The summed E-state index contributed by atoms with van der Waals surface area (Å²) in [5.74, 6) is 12.2. The summed E-state index contributed by atoms with van der Waals surface area (Å²) in [6.07, 6.45) is 43.1. The first-order valence-corrected chi connectivity index (χ1v) is 31.2. The van der Waals surface area contributed by atoms with Gasteiger partial charge in [-0.1, -0.05) is 147 Å². The van der Waals surface area contributed by atoms with E-state index >= 15 is 0 Å². The number of aryl methyl sites for hydroxylation is 6. The zero-order chi connectivity index (χ0) is 50.6. The van der Waals surface area contributed by atoms with Gasteiger partial charge in [-0.2, -0.15) is 0 Å². The molecule has 0 nitrogen and oxygen atoms in total. The first-order valence-electron chi connectivity index (χ1n) is 31.2. The van der Waals surface area contributed by atoms with Gasteiger partial charge in [0, 0.05) is 0 Å². The monoisotopic (exact) mass is 965 g/mol. The number of rotatable bonds is 11. The second kappa shape index (κ2) is 27.4. The largest absolute Gasteiger partial charge is 0.0625 e. The van der Waals surface area contributed by atoms with E-state index in [1.807, 2.05) is 0 Å². The Bertz CT molecular complexity index is 1960. The van der Waals surface area contributed by atoms with Crippen molar-refractivity contribution >= 4 is 0 Å². The SMILES string of the molecule is Cc1cc(CC2CCC(C)CC2)cc(C)c1C.Cc1cc(CC2CCC(CC3CCC(C)CC3)CC2)cc(C)c1C.Cc1cc(CC2CCC(CC3CCC(C4CCC(C)CC4)CC3)CC2)cc(C)c1C. The fourth-order valence-corrected chi connectivity index (χ4v) is 15.8. The fraction of sp³-hybridized carbons (Fsp3) is 0.746. The van der Waals surface area contributed by atoms with Gasteiger partial charge in [-0.15, -0.1) is 0 Å². The Morgan fingerprint density at radius 3 is 0.704 bits per heavy atom. The van der Waals surface area contributed by atoms with Crippen LogP contribution in [-0.4, -0.2) is 0 Å². The first kappa shape index (κ1) is 56.4. The van der Waals surface area contributed by atoms with Crippen LogP contribution in [0.15, 0.2) is 36.4 Å². The molecule has 71 heavy (non-hydrogen) atoms. The molecule has 0 N–H and O–H groups in total. The molecule has 3 aromatic rings. The van der Waals surface area contributed by atoms with Gasteiger partial charge in [0.05, 0.1) is 0 Å². The molecule has 0 amide bonds. The maximum Gasteiger partial charge on any atom is -0.0250 e. The van der Waals surface area contributed by atoms with Gasteiger partial charge in [0.2, 0.25) is 0 Å². The molecule has 6 aliphatic carbocycles. The van der Waals surface area contributed by atoms with Crippen LogP contribution in [0, 0.1) is 133 Å². The van der Waals surface area contributed by atoms with E-state index in [0.717, 1.165) is 71.0 Å². The molecule has 0 bridgehead atoms. The van der Waals surface area contributed by atoms with Crippen molar-refractivity contribution in [3.8, 4) is 0 Å². The Balaban J connectivity index is 0.000000163. The summed E-state index contributed by atoms with van der Waals surface area (Å²) in [6.45, 7) is 27.7. The summed E-state index contributed by atoms with van der Waals surface area (Å²) >= 11 is 0. The lowest BCUT2D eigenvalue weighted by Gasteiger charge is -2.38. The van der Waals surface area contributed by atoms with Gasteiger partial charge in [-0.25, -0.2) is 0 Å². The maximum absolute atomic E-state index is 2.46. The summed E-state index contributed by atoms with van der Waals surface area (Å²) < 4.78 is 0. The predicted molar refractivity (Wildman–Crippen MR) is 312 cm³/mol. The highest BCUT2D eigenvalue weighted by molar-refractivity contribution is 5.39. The average molecular weight is 966 g/mol. The fourth-order valence-electron chi connectivity index (χ4n) is 15.8. The van der Waals surface area contributed by atoms with Crippen molar-refractivity contribution in [2.24, 2.45) is 71.0 Å². The molecule has 0 atom stereocenters. The van der Waals surface area contributed by atoms with Gasteiger partial charge in [-0.05, 0) is 296 Å². The Labute approximate surface area is 441 Å². The van der Waals surface area contributed by atoms with Crippen LogP contribution in [0.4, 0.5) is 0 Å². The van der Waals surface area contributed by atoms with Gasteiger partial charge < -0.3 is 0 Å². The van der Waals surface area contributed by atoms with Crippen molar-refractivity contribution in [3.63, 3.8) is 0 Å². The van der Waals surface area contributed by atoms with Crippen molar-refractivity contribution in [1.82, 2.24) is 0 Å². The predicted octanol–water partition coefficient (Wildman–Crippen LogP) is 21.1. The maximum atomic E-state index is 2.46. The first-order chi connectivity index (χ1) is 34.0.